The van der Waals surface area contributed by atoms with Crippen molar-refractivity contribution in [2.45, 2.75) is 41.5 Å². The van der Waals surface area contributed by atoms with Crippen LogP contribution in [0.15, 0.2) is 10.2 Å². The Labute approximate surface area is 122 Å². The molecule has 1 aliphatic rings. The van der Waals surface area contributed by atoms with Gasteiger partial charge in [-0.3, -0.25) is 0 Å². The van der Waals surface area contributed by atoms with E-state index < -0.39 is 18.4 Å². The molecule has 1 heterocycles. The summed E-state index contributed by atoms with van der Waals surface area (Å²) in [5, 5.41) is 0. The molecule has 0 N–H and O–H groups in total. The van der Waals surface area contributed by atoms with Crippen molar-refractivity contribution < 1.29 is 9.53 Å². The molecule has 3 nitrogen and oxygen atoms in total. The number of likely N-dealkylation sites (tertiary alicyclic amines) is 1. The van der Waals surface area contributed by atoms with E-state index >= 15 is 0 Å². The van der Waals surface area contributed by atoms with Crippen molar-refractivity contribution in [3.63, 3.8) is 0 Å². The molecule has 1 rings (SSSR count). The van der Waals surface area contributed by atoms with Crippen LogP contribution in [0.25, 0.3) is 0 Å². The first-order chi connectivity index (χ1) is 8.71. The number of allylic oxidation sites excluding steroid dienone is 1. The fourth-order valence-electron chi connectivity index (χ4n) is 2.35. The third kappa shape index (κ3) is 5.36. The predicted octanol–water partition coefficient (Wildman–Crippen LogP) is 3.92. The number of rotatable bonds is 4. The van der Waals surface area contributed by atoms with Crippen LogP contribution in [0, 0.1) is 11.8 Å². The molecular weight excluding hydrogens is 345 g/mol. The quantitative estimate of drug-likeness (QED) is 0.699. The average Bonchev–Trinajstić information content (AvgIpc) is 2.34. The molecule has 0 aromatic carbocycles. The zero-order valence-electron chi connectivity index (χ0n) is 13.2. The van der Waals surface area contributed by atoms with Gasteiger partial charge in [0.2, 0.25) is 0 Å². The normalized spacial score (nSPS) is 17.7. The molecule has 1 aliphatic heterocycles. The summed E-state index contributed by atoms with van der Waals surface area (Å²) >= 11 is -1.98. The fraction of sp³-hybridized carbons (Fsp3) is 0.800. The molecule has 0 saturated carbocycles. The van der Waals surface area contributed by atoms with Crippen molar-refractivity contribution >= 4 is 24.5 Å². The Balaban J connectivity index is 2.41. The number of ether oxygens (including phenoxy) is 1. The second-order valence-corrected chi connectivity index (χ2v) is 21.7. The first-order valence-electron chi connectivity index (χ1n) is 7.32. The third-order valence-electron chi connectivity index (χ3n) is 3.75. The van der Waals surface area contributed by atoms with Gasteiger partial charge in [0.05, 0.1) is 0 Å². The minimum atomic E-state index is -1.98. The van der Waals surface area contributed by atoms with E-state index in [0.29, 0.717) is 18.4 Å². The van der Waals surface area contributed by atoms with Gasteiger partial charge in [0, 0.05) is 0 Å². The number of carbonyl (C=O) groups excluding carboxylic acids is 1. The molecule has 0 bridgehead atoms. The molecule has 0 aromatic heterocycles. The summed E-state index contributed by atoms with van der Waals surface area (Å²) in [5.41, 5.74) is 0. The van der Waals surface area contributed by atoms with E-state index in [1.807, 2.05) is 4.90 Å². The molecule has 0 radical (unpaired) electrons. The van der Waals surface area contributed by atoms with Crippen LogP contribution in [-0.4, -0.2) is 49.1 Å². The summed E-state index contributed by atoms with van der Waals surface area (Å²) in [4.78, 5) is 21.0. The molecule has 4 heteroatoms. The second kappa shape index (κ2) is 7.00. The van der Waals surface area contributed by atoms with Crippen LogP contribution < -0.4 is 0 Å². The predicted molar refractivity (Wildman–Crippen MR) is 83.0 cm³/mol. The van der Waals surface area contributed by atoms with Crippen LogP contribution in [0.5, 0.6) is 0 Å². The maximum atomic E-state index is 11.9. The van der Waals surface area contributed by atoms with Crippen LogP contribution in [0.1, 0.15) is 26.7 Å². The van der Waals surface area contributed by atoms with E-state index in [1.165, 1.54) is 3.59 Å². The molecule has 1 amide bonds. The van der Waals surface area contributed by atoms with Gasteiger partial charge in [-0.05, 0) is 0 Å². The monoisotopic (exact) mass is 375 g/mol. The molecule has 0 aliphatic carbocycles. The minimum absolute atomic E-state index is 0.142. The van der Waals surface area contributed by atoms with Gasteiger partial charge in [-0.15, -0.1) is 0 Å². The maximum absolute atomic E-state index is 11.9. The van der Waals surface area contributed by atoms with E-state index in [0.717, 1.165) is 25.9 Å². The van der Waals surface area contributed by atoms with Crippen LogP contribution in [0.2, 0.25) is 14.8 Å². The number of hydrogen-bond donors (Lipinski definition) is 0. The third-order valence-corrected chi connectivity index (χ3v) is 10.4. The van der Waals surface area contributed by atoms with Crippen molar-refractivity contribution in [1.29, 1.82) is 0 Å². The molecule has 0 atom stereocenters. The first kappa shape index (κ1) is 16.9. The van der Waals surface area contributed by atoms with Crippen molar-refractivity contribution in [3.05, 3.63) is 10.2 Å². The van der Waals surface area contributed by atoms with Crippen molar-refractivity contribution in [1.82, 2.24) is 4.90 Å². The van der Waals surface area contributed by atoms with Crippen LogP contribution in [0.4, 0.5) is 4.79 Å². The van der Waals surface area contributed by atoms with E-state index in [9.17, 15) is 4.79 Å². The van der Waals surface area contributed by atoms with Crippen molar-refractivity contribution in [3.8, 4) is 0 Å². The van der Waals surface area contributed by atoms with Gasteiger partial charge >= 0.3 is 122 Å². The molecule has 0 spiro atoms. The zero-order valence-corrected chi connectivity index (χ0v) is 16.0. The Morgan fingerprint density at radius 1 is 1.32 bits per heavy atom. The van der Waals surface area contributed by atoms with E-state index in [-0.39, 0.29) is 6.09 Å². The molecule has 19 heavy (non-hydrogen) atoms. The Hall–Kier alpha value is -0.191. The summed E-state index contributed by atoms with van der Waals surface area (Å²) in [6.07, 6.45) is 1.98. The summed E-state index contributed by atoms with van der Waals surface area (Å²) in [6.45, 7) is 10.6. The standard InChI is InChI=1S/C12H20NO2.3CH3.Sn/c1-4-11-5-7-13(8-6-11)12(14)15-9-10(2)3;;;;/h10-11H,1,5-9H2,2-3H3;3*1H3;. The Kier molecular flexibility index (Phi) is 6.21. The average molecular weight is 374 g/mol. The van der Waals surface area contributed by atoms with Crippen LogP contribution in [0.3, 0.4) is 0 Å². The summed E-state index contributed by atoms with van der Waals surface area (Å²) in [6, 6.07) is 0. The van der Waals surface area contributed by atoms with Crippen molar-refractivity contribution in [2.75, 3.05) is 19.7 Å². The van der Waals surface area contributed by atoms with E-state index in [4.69, 9.17) is 4.74 Å². The number of hydrogen-bond acceptors (Lipinski definition) is 2. The van der Waals surface area contributed by atoms with Gasteiger partial charge in [-0.1, -0.05) is 0 Å². The summed E-state index contributed by atoms with van der Waals surface area (Å²) < 4.78 is 6.80. The van der Waals surface area contributed by atoms with Gasteiger partial charge in [-0.25, -0.2) is 0 Å². The molecule has 1 fully saturated rings. The fourth-order valence-corrected chi connectivity index (χ4v) is 6.67. The van der Waals surface area contributed by atoms with Crippen molar-refractivity contribution in [2.24, 2.45) is 11.8 Å². The van der Waals surface area contributed by atoms with E-state index in [2.05, 4.69) is 35.2 Å². The van der Waals surface area contributed by atoms with E-state index in [1.54, 1.807) is 0 Å². The van der Waals surface area contributed by atoms with Crippen LogP contribution in [-0.2, 0) is 4.74 Å². The summed E-state index contributed by atoms with van der Waals surface area (Å²) in [5.74, 6) is 1.03. The van der Waals surface area contributed by atoms with Gasteiger partial charge < -0.3 is 0 Å². The van der Waals surface area contributed by atoms with Gasteiger partial charge in [0.1, 0.15) is 0 Å². The van der Waals surface area contributed by atoms with Gasteiger partial charge in [0.25, 0.3) is 0 Å². The molecular formula is C15H29NO2Sn. The first-order valence-corrected chi connectivity index (χ1v) is 17.3. The molecule has 0 aromatic rings. The topological polar surface area (TPSA) is 29.5 Å². The number of carbonyl (C=O) groups is 1. The Bertz CT molecular complexity index is 326. The van der Waals surface area contributed by atoms with Crippen LogP contribution >= 0.6 is 0 Å². The Morgan fingerprint density at radius 3 is 2.26 bits per heavy atom. The number of nitrogens with zero attached hydrogens (tertiary/aromatic N) is 1. The van der Waals surface area contributed by atoms with Gasteiger partial charge in [-0.2, -0.15) is 0 Å². The molecule has 110 valence electrons. The number of piperidine rings is 1. The SMILES string of the molecule is C=[C](C1CCN(C(=O)OCC(C)C)CC1)[Sn]([CH3])([CH3])[CH3]. The molecule has 1 saturated heterocycles. The molecule has 0 unspecified atom stereocenters. The summed E-state index contributed by atoms with van der Waals surface area (Å²) in [7, 11) is 0. The number of amides is 1. The second-order valence-electron chi connectivity index (χ2n) is 7.01. The Morgan fingerprint density at radius 2 is 1.84 bits per heavy atom. The van der Waals surface area contributed by atoms with Gasteiger partial charge in [0.15, 0.2) is 0 Å². The zero-order chi connectivity index (χ0) is 14.6.